The Balaban J connectivity index is 2.13. The lowest BCUT2D eigenvalue weighted by molar-refractivity contribution is 0.102. The third-order valence-electron chi connectivity index (χ3n) is 2.65. The van der Waals surface area contributed by atoms with Crippen LogP contribution < -0.4 is 10.6 Å². The van der Waals surface area contributed by atoms with Gasteiger partial charge >= 0.3 is 0 Å². The van der Waals surface area contributed by atoms with Crippen molar-refractivity contribution in [1.82, 2.24) is 4.98 Å². The summed E-state index contributed by atoms with van der Waals surface area (Å²) in [4.78, 5) is 16.1. The molecule has 3 N–H and O–H groups in total. The number of nitrogens with zero attached hydrogens (tertiary/aromatic N) is 1. The topological polar surface area (TPSA) is 74.2 Å². The number of carbonyl (C=O) groups is 1. The van der Waals surface area contributed by atoms with E-state index < -0.39 is 0 Å². The molecule has 0 atom stereocenters. The molecule has 1 amide bonds. The molecule has 21 heavy (non-hydrogen) atoms. The van der Waals surface area contributed by atoms with Gasteiger partial charge in [-0.05, 0) is 32.9 Å². The number of hydrogen-bond donors (Lipinski definition) is 3. The second kappa shape index (κ2) is 5.83. The number of pyridine rings is 1. The summed E-state index contributed by atoms with van der Waals surface area (Å²) in [7, 11) is 0. The molecule has 0 fully saturated rings. The Morgan fingerprint density at radius 1 is 1.19 bits per heavy atom. The first-order valence-electron chi connectivity index (χ1n) is 6.69. The van der Waals surface area contributed by atoms with Gasteiger partial charge in [0.2, 0.25) is 0 Å². The highest BCUT2D eigenvalue weighted by molar-refractivity contribution is 6.04. The number of anilines is 2. The number of aromatic nitrogens is 1. The minimum atomic E-state index is -0.310. The van der Waals surface area contributed by atoms with Gasteiger partial charge in [0.15, 0.2) is 11.6 Å². The zero-order valence-corrected chi connectivity index (χ0v) is 12.3. The number of hydrogen-bond acceptors (Lipinski definition) is 4. The van der Waals surface area contributed by atoms with E-state index in [1.807, 2.05) is 26.8 Å². The van der Waals surface area contributed by atoms with Gasteiger partial charge in [-0.2, -0.15) is 0 Å². The van der Waals surface area contributed by atoms with Gasteiger partial charge in [0.1, 0.15) is 0 Å². The zero-order valence-electron chi connectivity index (χ0n) is 12.3. The highest BCUT2D eigenvalue weighted by Crippen LogP contribution is 2.25. The Bertz CT molecular complexity index is 634. The molecular weight excluding hydrogens is 266 g/mol. The van der Waals surface area contributed by atoms with Gasteiger partial charge in [0.05, 0.1) is 11.9 Å². The predicted molar refractivity (Wildman–Crippen MR) is 83.7 cm³/mol. The van der Waals surface area contributed by atoms with E-state index in [2.05, 4.69) is 15.6 Å². The van der Waals surface area contributed by atoms with Crippen LogP contribution in [-0.2, 0) is 0 Å². The predicted octanol–water partition coefficient (Wildman–Crippen LogP) is 3.25. The van der Waals surface area contributed by atoms with E-state index in [1.54, 1.807) is 36.5 Å². The number of rotatable bonds is 3. The molecule has 1 aromatic carbocycles. The van der Waals surface area contributed by atoms with E-state index in [-0.39, 0.29) is 23.0 Å². The lowest BCUT2D eigenvalue weighted by Crippen LogP contribution is -2.26. The van der Waals surface area contributed by atoms with Crippen LogP contribution in [0.1, 0.15) is 31.1 Å². The van der Waals surface area contributed by atoms with Crippen molar-refractivity contribution >= 4 is 17.4 Å². The summed E-state index contributed by atoms with van der Waals surface area (Å²) in [5.74, 6) is -0.244. The zero-order chi connectivity index (χ0) is 15.5. The van der Waals surface area contributed by atoms with Crippen molar-refractivity contribution in [2.75, 3.05) is 10.6 Å². The van der Waals surface area contributed by atoms with Crippen LogP contribution in [0.3, 0.4) is 0 Å². The molecule has 1 heterocycles. The maximum atomic E-state index is 12.0. The van der Waals surface area contributed by atoms with Crippen LogP contribution in [0.15, 0.2) is 42.6 Å². The molecule has 0 aliphatic rings. The maximum Gasteiger partial charge on any atom is 0.256 e. The van der Waals surface area contributed by atoms with Crippen molar-refractivity contribution in [3.8, 4) is 5.75 Å². The summed E-state index contributed by atoms with van der Waals surface area (Å²) in [5, 5.41) is 15.8. The van der Waals surface area contributed by atoms with Gasteiger partial charge in [-0.25, -0.2) is 4.98 Å². The molecule has 0 aliphatic carbocycles. The number of nitrogens with one attached hydrogen (secondary N) is 2. The molecule has 2 rings (SSSR count). The monoisotopic (exact) mass is 285 g/mol. The Morgan fingerprint density at radius 2 is 1.86 bits per heavy atom. The molecule has 0 spiro atoms. The Labute approximate surface area is 124 Å². The van der Waals surface area contributed by atoms with Crippen LogP contribution in [0.2, 0.25) is 0 Å². The van der Waals surface area contributed by atoms with E-state index >= 15 is 0 Å². The first-order chi connectivity index (χ1) is 9.85. The smallest absolute Gasteiger partial charge is 0.256 e. The van der Waals surface area contributed by atoms with E-state index in [0.29, 0.717) is 11.3 Å². The average molecular weight is 285 g/mol. The summed E-state index contributed by atoms with van der Waals surface area (Å²) in [5.41, 5.74) is 1.07. The van der Waals surface area contributed by atoms with Gasteiger partial charge in [-0.3, -0.25) is 4.79 Å². The first kappa shape index (κ1) is 14.8. The Morgan fingerprint density at radius 3 is 2.43 bits per heavy atom. The number of benzene rings is 1. The van der Waals surface area contributed by atoms with Crippen LogP contribution >= 0.6 is 0 Å². The van der Waals surface area contributed by atoms with E-state index in [1.165, 1.54) is 0 Å². The molecule has 0 unspecified atom stereocenters. The van der Waals surface area contributed by atoms with E-state index in [0.717, 1.165) is 0 Å². The Hall–Kier alpha value is -2.56. The fourth-order valence-electron chi connectivity index (χ4n) is 1.82. The van der Waals surface area contributed by atoms with Crippen molar-refractivity contribution in [2.24, 2.45) is 0 Å². The van der Waals surface area contributed by atoms with Gasteiger partial charge in [0, 0.05) is 17.2 Å². The average Bonchev–Trinajstić information content (AvgIpc) is 2.41. The van der Waals surface area contributed by atoms with Crippen LogP contribution in [0.5, 0.6) is 5.75 Å². The summed E-state index contributed by atoms with van der Waals surface area (Å²) in [6, 6.07) is 10.3. The van der Waals surface area contributed by atoms with Crippen LogP contribution in [0.4, 0.5) is 11.5 Å². The lowest BCUT2D eigenvalue weighted by Gasteiger charge is -2.22. The third kappa shape index (κ3) is 4.21. The van der Waals surface area contributed by atoms with Crippen molar-refractivity contribution in [1.29, 1.82) is 0 Å². The third-order valence-corrected chi connectivity index (χ3v) is 2.65. The van der Waals surface area contributed by atoms with Crippen molar-refractivity contribution in [3.05, 3.63) is 48.2 Å². The molecule has 1 aromatic heterocycles. The lowest BCUT2D eigenvalue weighted by atomic mass is 10.1. The maximum absolute atomic E-state index is 12.0. The SMILES string of the molecule is CC(C)(C)Nc1cnc(NC(=O)c2ccccc2)c(O)c1. The molecular formula is C16H19N3O2. The van der Waals surface area contributed by atoms with E-state index in [4.69, 9.17) is 0 Å². The van der Waals surface area contributed by atoms with Crippen LogP contribution in [-0.4, -0.2) is 21.5 Å². The van der Waals surface area contributed by atoms with Gasteiger partial charge in [-0.1, -0.05) is 18.2 Å². The molecule has 0 aliphatic heterocycles. The second-order valence-electron chi connectivity index (χ2n) is 5.79. The first-order valence-corrected chi connectivity index (χ1v) is 6.69. The summed E-state index contributed by atoms with van der Waals surface area (Å²) >= 11 is 0. The largest absolute Gasteiger partial charge is 0.504 e. The number of amides is 1. The van der Waals surface area contributed by atoms with Crippen molar-refractivity contribution < 1.29 is 9.90 Å². The molecule has 2 aromatic rings. The molecule has 0 bridgehead atoms. The van der Waals surface area contributed by atoms with Crippen LogP contribution in [0.25, 0.3) is 0 Å². The van der Waals surface area contributed by atoms with Crippen LogP contribution in [0, 0.1) is 0 Å². The molecule has 0 saturated carbocycles. The minimum Gasteiger partial charge on any atom is -0.504 e. The van der Waals surface area contributed by atoms with E-state index in [9.17, 15) is 9.90 Å². The normalized spacial score (nSPS) is 11.0. The second-order valence-corrected chi connectivity index (χ2v) is 5.79. The van der Waals surface area contributed by atoms with Gasteiger partial charge in [0.25, 0.3) is 5.91 Å². The highest BCUT2D eigenvalue weighted by Gasteiger charge is 2.13. The molecule has 5 heteroatoms. The standard InChI is InChI=1S/C16H19N3O2/c1-16(2,3)19-12-9-13(20)14(17-10-12)18-15(21)11-7-5-4-6-8-11/h4-10,19-20H,1-3H3,(H,17,18,21). The number of aromatic hydroxyl groups is 1. The quantitative estimate of drug-likeness (QED) is 0.809. The fraction of sp³-hybridized carbons (Fsp3) is 0.250. The molecule has 0 saturated heterocycles. The minimum absolute atomic E-state index is 0.0754. The fourth-order valence-corrected chi connectivity index (χ4v) is 1.82. The summed E-state index contributed by atoms with van der Waals surface area (Å²) in [6.07, 6.45) is 1.57. The molecule has 110 valence electrons. The van der Waals surface area contributed by atoms with Gasteiger partial charge in [-0.15, -0.1) is 0 Å². The Kier molecular flexibility index (Phi) is 4.12. The molecule has 5 nitrogen and oxygen atoms in total. The van der Waals surface area contributed by atoms with Crippen molar-refractivity contribution in [2.45, 2.75) is 26.3 Å². The van der Waals surface area contributed by atoms with Gasteiger partial charge < -0.3 is 15.7 Å². The molecule has 0 radical (unpaired) electrons. The summed E-state index contributed by atoms with van der Waals surface area (Å²) in [6.45, 7) is 6.03. The number of carbonyl (C=O) groups excluding carboxylic acids is 1. The van der Waals surface area contributed by atoms with Crippen molar-refractivity contribution in [3.63, 3.8) is 0 Å². The summed E-state index contributed by atoms with van der Waals surface area (Å²) < 4.78 is 0. The highest BCUT2D eigenvalue weighted by atomic mass is 16.3.